The highest BCUT2D eigenvalue weighted by molar-refractivity contribution is 5.83. The summed E-state index contributed by atoms with van der Waals surface area (Å²) < 4.78 is 0. The number of nitrogens with two attached hydrogens (primary N) is 1. The molecule has 0 unspecified atom stereocenters. The molecule has 2 heteroatoms. The van der Waals surface area contributed by atoms with E-state index in [1.54, 1.807) is 0 Å². The number of aryl methyl sites for hydroxylation is 2. The minimum Gasteiger partial charge on any atom is -0.330 e. The lowest BCUT2D eigenvalue weighted by Crippen LogP contribution is -2.07. The fraction of sp³-hybridized carbons (Fsp3) is 0.308. The molecule has 0 aliphatic rings. The van der Waals surface area contributed by atoms with E-state index < -0.39 is 0 Å². The van der Waals surface area contributed by atoms with Gasteiger partial charge in [-0.3, -0.25) is 4.98 Å². The van der Waals surface area contributed by atoms with Crippen molar-refractivity contribution in [2.45, 2.75) is 20.3 Å². The second-order valence-electron chi connectivity index (χ2n) is 3.86. The Kier molecular flexibility index (Phi) is 2.69. The Hall–Kier alpha value is -1.41. The number of rotatable bonds is 2. The monoisotopic (exact) mass is 200 g/mol. The Morgan fingerprint density at radius 2 is 1.93 bits per heavy atom. The van der Waals surface area contributed by atoms with Crippen molar-refractivity contribution in [3.63, 3.8) is 0 Å². The van der Waals surface area contributed by atoms with Gasteiger partial charge >= 0.3 is 0 Å². The molecule has 0 amide bonds. The number of fused-ring (bicyclic) bond motifs is 1. The first kappa shape index (κ1) is 10.1. The Morgan fingerprint density at radius 1 is 1.20 bits per heavy atom. The predicted molar refractivity (Wildman–Crippen MR) is 64.0 cm³/mol. The van der Waals surface area contributed by atoms with Gasteiger partial charge in [-0.1, -0.05) is 18.2 Å². The molecule has 0 saturated heterocycles. The van der Waals surface area contributed by atoms with Crippen molar-refractivity contribution in [3.8, 4) is 0 Å². The van der Waals surface area contributed by atoms with Gasteiger partial charge in [-0.2, -0.15) is 0 Å². The lowest BCUT2D eigenvalue weighted by molar-refractivity contribution is 0.935. The molecule has 2 nitrogen and oxygen atoms in total. The van der Waals surface area contributed by atoms with Crippen molar-refractivity contribution in [1.82, 2.24) is 4.98 Å². The molecule has 78 valence electrons. The van der Waals surface area contributed by atoms with Crippen LogP contribution in [-0.2, 0) is 6.42 Å². The molecule has 1 aromatic heterocycles. The largest absolute Gasteiger partial charge is 0.330 e. The van der Waals surface area contributed by atoms with E-state index in [0.29, 0.717) is 6.54 Å². The topological polar surface area (TPSA) is 38.9 Å². The van der Waals surface area contributed by atoms with Crippen molar-refractivity contribution in [2.75, 3.05) is 6.54 Å². The summed E-state index contributed by atoms with van der Waals surface area (Å²) in [6.45, 7) is 4.90. The molecule has 0 radical (unpaired) electrons. The Morgan fingerprint density at radius 3 is 2.67 bits per heavy atom. The van der Waals surface area contributed by atoms with Gasteiger partial charge in [-0.25, -0.2) is 0 Å². The van der Waals surface area contributed by atoms with E-state index in [1.165, 1.54) is 16.5 Å². The first-order valence-corrected chi connectivity index (χ1v) is 5.29. The van der Waals surface area contributed by atoms with Crippen LogP contribution in [0.3, 0.4) is 0 Å². The third-order valence-electron chi connectivity index (χ3n) is 2.88. The van der Waals surface area contributed by atoms with Crippen LogP contribution < -0.4 is 5.73 Å². The molecule has 15 heavy (non-hydrogen) atoms. The number of pyridine rings is 1. The SMILES string of the molecule is Cc1nc2ccccc2c(C)c1CCN. The van der Waals surface area contributed by atoms with Crippen LogP contribution in [0.15, 0.2) is 24.3 Å². The van der Waals surface area contributed by atoms with Gasteiger partial charge in [0.25, 0.3) is 0 Å². The van der Waals surface area contributed by atoms with Gasteiger partial charge in [0.2, 0.25) is 0 Å². The van der Waals surface area contributed by atoms with Gasteiger partial charge in [0, 0.05) is 11.1 Å². The summed E-state index contributed by atoms with van der Waals surface area (Å²) in [4.78, 5) is 4.60. The third kappa shape index (κ3) is 1.73. The van der Waals surface area contributed by atoms with Crippen molar-refractivity contribution in [1.29, 1.82) is 0 Å². The van der Waals surface area contributed by atoms with Gasteiger partial charge in [-0.05, 0) is 44.0 Å². The van der Waals surface area contributed by atoms with E-state index in [0.717, 1.165) is 17.6 Å². The standard InChI is InChI=1S/C13H16N2/c1-9-11(7-8-14)10(2)15-13-6-4-3-5-12(9)13/h3-6H,7-8,14H2,1-2H3. The molecule has 0 fully saturated rings. The van der Waals surface area contributed by atoms with E-state index in [2.05, 4.69) is 37.0 Å². The maximum Gasteiger partial charge on any atom is 0.0708 e. The summed E-state index contributed by atoms with van der Waals surface area (Å²) in [5.74, 6) is 0. The fourth-order valence-electron chi connectivity index (χ4n) is 2.08. The average Bonchev–Trinajstić information content (AvgIpc) is 2.24. The molecule has 2 rings (SSSR count). The Bertz CT molecular complexity index is 489. The molecule has 2 aromatic rings. The van der Waals surface area contributed by atoms with Gasteiger partial charge < -0.3 is 5.73 Å². The van der Waals surface area contributed by atoms with Gasteiger partial charge in [0.15, 0.2) is 0 Å². The lowest BCUT2D eigenvalue weighted by atomic mass is 10.00. The molecule has 0 aliphatic heterocycles. The van der Waals surface area contributed by atoms with E-state index >= 15 is 0 Å². The highest BCUT2D eigenvalue weighted by atomic mass is 14.7. The molecule has 0 saturated carbocycles. The van der Waals surface area contributed by atoms with Crippen LogP contribution >= 0.6 is 0 Å². The van der Waals surface area contributed by atoms with Crippen LogP contribution in [0.4, 0.5) is 0 Å². The second-order valence-corrected chi connectivity index (χ2v) is 3.86. The molecular weight excluding hydrogens is 184 g/mol. The van der Waals surface area contributed by atoms with Crippen LogP contribution in [-0.4, -0.2) is 11.5 Å². The van der Waals surface area contributed by atoms with Crippen molar-refractivity contribution < 1.29 is 0 Å². The van der Waals surface area contributed by atoms with Crippen molar-refractivity contribution >= 4 is 10.9 Å². The number of hydrogen-bond donors (Lipinski definition) is 1. The molecule has 0 atom stereocenters. The maximum absolute atomic E-state index is 5.61. The summed E-state index contributed by atoms with van der Waals surface area (Å²) in [6, 6.07) is 8.26. The lowest BCUT2D eigenvalue weighted by Gasteiger charge is -2.11. The second kappa shape index (κ2) is 3.99. The van der Waals surface area contributed by atoms with Crippen LogP contribution in [0, 0.1) is 13.8 Å². The zero-order valence-electron chi connectivity index (χ0n) is 9.25. The number of para-hydroxylation sites is 1. The smallest absolute Gasteiger partial charge is 0.0708 e. The van der Waals surface area contributed by atoms with Gasteiger partial charge in [0.1, 0.15) is 0 Å². The molecule has 0 aliphatic carbocycles. The third-order valence-corrected chi connectivity index (χ3v) is 2.88. The zero-order chi connectivity index (χ0) is 10.8. The summed E-state index contributed by atoms with van der Waals surface area (Å²) in [6.07, 6.45) is 0.912. The van der Waals surface area contributed by atoms with Crippen LogP contribution in [0.2, 0.25) is 0 Å². The summed E-state index contributed by atoms with van der Waals surface area (Å²) in [5.41, 5.74) is 10.4. The minimum absolute atomic E-state index is 0.682. The molecule has 1 aromatic carbocycles. The maximum atomic E-state index is 5.61. The molecule has 0 spiro atoms. The summed E-state index contributed by atoms with van der Waals surface area (Å²) in [7, 11) is 0. The quantitative estimate of drug-likeness (QED) is 0.808. The minimum atomic E-state index is 0.682. The van der Waals surface area contributed by atoms with Crippen LogP contribution in [0.5, 0.6) is 0 Å². The van der Waals surface area contributed by atoms with E-state index in [9.17, 15) is 0 Å². The summed E-state index contributed by atoms with van der Waals surface area (Å²) >= 11 is 0. The normalized spacial score (nSPS) is 10.9. The highest BCUT2D eigenvalue weighted by Crippen LogP contribution is 2.22. The highest BCUT2D eigenvalue weighted by Gasteiger charge is 2.07. The Balaban J connectivity index is 2.72. The van der Waals surface area contributed by atoms with Crippen LogP contribution in [0.1, 0.15) is 16.8 Å². The fourth-order valence-corrected chi connectivity index (χ4v) is 2.08. The van der Waals surface area contributed by atoms with Crippen molar-refractivity contribution in [3.05, 3.63) is 41.1 Å². The number of hydrogen-bond acceptors (Lipinski definition) is 2. The number of benzene rings is 1. The molecule has 0 bridgehead atoms. The van der Waals surface area contributed by atoms with E-state index in [1.807, 2.05) is 6.07 Å². The first-order chi connectivity index (χ1) is 7.24. The predicted octanol–water partition coefficient (Wildman–Crippen LogP) is 2.35. The van der Waals surface area contributed by atoms with E-state index in [4.69, 9.17) is 5.73 Å². The first-order valence-electron chi connectivity index (χ1n) is 5.29. The van der Waals surface area contributed by atoms with Crippen molar-refractivity contribution in [2.24, 2.45) is 5.73 Å². The van der Waals surface area contributed by atoms with Crippen LogP contribution in [0.25, 0.3) is 10.9 Å². The molecule has 2 N–H and O–H groups in total. The Labute approximate surface area is 90.1 Å². The van der Waals surface area contributed by atoms with E-state index in [-0.39, 0.29) is 0 Å². The number of nitrogens with zero attached hydrogens (tertiary/aromatic N) is 1. The zero-order valence-corrected chi connectivity index (χ0v) is 9.25. The molecule has 1 heterocycles. The number of aromatic nitrogens is 1. The molecular formula is C13H16N2. The summed E-state index contributed by atoms with van der Waals surface area (Å²) in [5, 5.41) is 1.24. The van der Waals surface area contributed by atoms with Gasteiger partial charge in [-0.15, -0.1) is 0 Å². The average molecular weight is 200 g/mol. The van der Waals surface area contributed by atoms with Gasteiger partial charge in [0.05, 0.1) is 5.52 Å².